The van der Waals surface area contributed by atoms with Crippen LogP contribution in [0.25, 0.3) is 94.0 Å². The van der Waals surface area contributed by atoms with E-state index in [-0.39, 0.29) is 32.1 Å². The second kappa shape index (κ2) is 52.3. The molecule has 15 N–H and O–H groups in total. The lowest BCUT2D eigenvalue weighted by Gasteiger charge is -2.44. The SMILES string of the molecule is CC(=O)NC1[C@@H](OC(C)(C)C)OC(CN=[N+]=[N-])[C@H](O)[C@@H]1O.CC(C)(C)O[C@H]1OC(CN=[N+]=[N-])[C@H](O)[C@H](O)C1NC(=O)C(F)(F)N=[N+]=[N-].CC(C)(C)O[C@H]1OC(CN=[N+]=[N-])[C@H](O)[C@H](O)C1NC(=O)CN=[N+]=[N-].CC(C)(C)O[C@H]1OC(CN=[N+]=[N-])[C@H](O)[C@H](O)C1NC(=O)c1c(F)c(F)c(N=[N+]=[N-])c(F)c1F.CC(C)(C)O[C@H]1OC(CN=[N+]=[N-])[C@H](O)[C@H](O)C1NC(=O)c1cc(F)c(N=[N+]=[N-])c(F)c1. The highest BCUT2D eigenvalue weighted by Crippen LogP contribution is 2.36. The molecule has 7 rings (SSSR count). The van der Waals surface area contributed by atoms with Crippen LogP contribution in [0.15, 0.2) is 58.2 Å². The molecule has 25 atom stereocenters. The Labute approximate surface area is 758 Å². The molecule has 0 aliphatic carbocycles. The number of carbonyl (C=O) groups is 5. The summed E-state index contributed by atoms with van der Waals surface area (Å²) in [5, 5.41) is 140. The molecule has 5 saturated heterocycles. The minimum atomic E-state index is -4.42. The number of hydrogen-bond acceptors (Lipinski definition) is 34. The number of carbonyl (C=O) groups excluding carboxylic acids is 5. The van der Waals surface area contributed by atoms with Crippen LogP contribution in [0, 0.1) is 34.9 Å². The highest BCUT2D eigenvalue weighted by atomic mass is 19.3. The van der Waals surface area contributed by atoms with E-state index in [9.17, 15) is 110 Å². The van der Waals surface area contributed by atoms with Gasteiger partial charge in [-0.15, -0.1) is 0 Å². The Morgan fingerprint density at radius 2 is 0.615 bits per heavy atom. The highest BCUT2D eigenvalue weighted by Gasteiger charge is 2.54. The van der Waals surface area contributed by atoms with Crippen molar-refractivity contribution in [2.24, 2.45) is 46.0 Å². The lowest BCUT2D eigenvalue weighted by Crippen LogP contribution is -2.66. The van der Waals surface area contributed by atoms with E-state index in [0.29, 0.717) is 12.1 Å². The summed E-state index contributed by atoms with van der Waals surface area (Å²) in [6, 6.07) is -9.77. The Bertz CT molecular complexity index is 4820. The van der Waals surface area contributed by atoms with Crippen molar-refractivity contribution in [3.05, 3.63) is 152 Å². The number of benzene rings is 2. The number of ether oxygens (including phenoxy) is 10. The van der Waals surface area contributed by atoms with Crippen LogP contribution in [-0.4, -0.2) is 307 Å². The standard InChI is InChI=1S/C17H19F4N7O5.C17H21F2N7O5.C12H19F2N7O5.C12H21N7O5.C12H22N4O5/c1-17(2,3)33-16-12(14(30)13(29)5(32-16)4-24-27-22)25-15(31)6-7(18)9(20)11(26-28-23)10(21)8(6)19;1-17(2,3)31-16-12(14(28)13(27)10(30-16)6-22-25-20)23-15(29)7-4-8(18)11(24-26-21)9(19)5-7;1-11(2,3)26-9-6(18-10(24)12(13,14)19-21-16)8(23)7(22)5(25-9)4-17-20-15;1-12(2,3)24-11-8(17-7(20)5-16-19-14)10(22)9(21)6(23-11)4-15-18-13;1-6(17)15-8-10(19)9(18)7(5-14-16-13)20-11(8)21-12(2,3)4/h5,12-14,16,29-30H,4H2,1-3H3,(H,25,31);4-5,10,12-14,16,27-28H,6H2,1-3H3,(H,23,29);5-9,22-23H,4H2,1-3H3,(H,18,24);6,8-11,21-22H,4-5H2,1-3H3,(H,17,20);7-11,18-19H,5H2,1-4H3,(H,15,17)/t5?,12?,13-,14+,16+;10?,12?,13-,14+,16+;5?,6?,7-,8+,9+;6?,8?,9-,10+,11+;7?,8?,9-,10+,11+/m00000/s1. The molecule has 5 aliphatic heterocycles. The largest absolute Gasteiger partial charge is 0.401 e. The smallest absolute Gasteiger partial charge is 0.388 e. The van der Waals surface area contributed by atoms with Crippen LogP contribution >= 0.6 is 0 Å². The fourth-order valence-corrected chi connectivity index (χ4v) is 12.2. The summed E-state index contributed by atoms with van der Waals surface area (Å²) in [4.78, 5) is 81.2. The fraction of sp³-hybridized carbons (Fsp3) is 0.757. The van der Waals surface area contributed by atoms with Gasteiger partial charge < -0.3 is 125 Å². The van der Waals surface area contributed by atoms with Crippen molar-refractivity contribution in [3.63, 3.8) is 0 Å². The second-order valence-corrected chi connectivity index (χ2v) is 33.9. The highest BCUT2D eigenvalue weighted by molar-refractivity contribution is 5.96. The number of nitrogens with zero attached hydrogens (tertiary/aromatic N) is 27. The van der Waals surface area contributed by atoms with Gasteiger partial charge in [0.15, 0.2) is 54.7 Å². The van der Waals surface area contributed by atoms with Crippen molar-refractivity contribution in [3.8, 4) is 0 Å². The number of amides is 5. The van der Waals surface area contributed by atoms with Crippen LogP contribution in [0.5, 0.6) is 0 Å². The number of alkyl halides is 2. The molecule has 0 radical (unpaired) electrons. The van der Waals surface area contributed by atoms with Gasteiger partial charge in [0.25, 0.3) is 17.7 Å². The average molecular weight is 1940 g/mol. The van der Waals surface area contributed by atoms with Gasteiger partial charge in [0, 0.05) is 56.7 Å². The van der Waals surface area contributed by atoms with Crippen molar-refractivity contribution < 1.29 is 158 Å². The minimum Gasteiger partial charge on any atom is -0.388 e. The first-order valence-corrected chi connectivity index (χ1v) is 39.5. The van der Waals surface area contributed by atoms with E-state index in [1.807, 2.05) is 10.2 Å². The van der Waals surface area contributed by atoms with Gasteiger partial charge in [0.05, 0.1) is 91.2 Å². The van der Waals surface area contributed by atoms with Crippen LogP contribution < -0.4 is 26.6 Å². The molecule has 2 aromatic carbocycles. The molecule has 748 valence electrons. The third kappa shape index (κ3) is 36.1. The number of hydrogen-bond donors (Lipinski definition) is 15. The second-order valence-electron chi connectivity index (χ2n) is 33.9. The molecule has 135 heavy (non-hydrogen) atoms. The van der Waals surface area contributed by atoms with E-state index in [1.54, 1.807) is 109 Å². The number of aliphatic hydroxyl groups excluding tert-OH is 10. The van der Waals surface area contributed by atoms with Gasteiger partial charge in [-0.3, -0.25) is 24.0 Å². The van der Waals surface area contributed by atoms with Crippen molar-refractivity contribution in [1.29, 1.82) is 0 Å². The zero-order valence-electron chi connectivity index (χ0n) is 74.5. The monoisotopic (exact) mass is 1940 g/mol. The van der Waals surface area contributed by atoms with Crippen molar-refractivity contribution in [2.75, 3.05) is 39.3 Å². The molecule has 65 heteroatoms. The van der Waals surface area contributed by atoms with Gasteiger partial charge in [0.2, 0.25) is 11.8 Å². The Kier molecular flexibility index (Phi) is 45.5. The quantitative estimate of drug-likeness (QED) is 0.0104. The first kappa shape index (κ1) is 117. The summed E-state index contributed by atoms with van der Waals surface area (Å²) in [5.74, 6) is -16.9. The van der Waals surface area contributed by atoms with Crippen LogP contribution in [0.2, 0.25) is 0 Å². The van der Waals surface area contributed by atoms with Gasteiger partial charge >= 0.3 is 6.05 Å². The molecule has 0 bridgehead atoms. The predicted molar refractivity (Wildman–Crippen MR) is 440 cm³/mol. The Morgan fingerprint density at radius 1 is 0.356 bits per heavy atom. The molecule has 0 spiro atoms. The number of azide groups is 9. The number of rotatable bonds is 28. The normalized spacial score (nSPS) is 28.2. The molecule has 2 aromatic rings. The Hall–Kier alpha value is -11.8. The summed E-state index contributed by atoms with van der Waals surface area (Å²) in [6.45, 7) is 24.5. The maximum atomic E-state index is 14.3. The lowest BCUT2D eigenvalue weighted by atomic mass is 9.95. The molecular formula is C70H102F8N32O25. The number of aliphatic hydroxyl groups is 10. The summed E-state index contributed by atoms with van der Waals surface area (Å²) in [7, 11) is 0. The Morgan fingerprint density at radius 3 is 0.874 bits per heavy atom. The first-order chi connectivity index (χ1) is 62.6. The molecule has 0 saturated carbocycles. The van der Waals surface area contributed by atoms with Crippen LogP contribution in [0.4, 0.5) is 46.5 Å². The Balaban J connectivity index is 0.000000438. The van der Waals surface area contributed by atoms with Crippen molar-refractivity contribution in [2.45, 2.75) is 298 Å². The third-order valence-corrected chi connectivity index (χ3v) is 17.8. The van der Waals surface area contributed by atoms with Crippen LogP contribution in [-0.2, 0) is 61.8 Å². The molecule has 10 unspecified atom stereocenters. The molecule has 5 heterocycles. The molecule has 57 nitrogen and oxygen atoms in total. The topological polar surface area (TPSA) is 879 Å². The predicted octanol–water partition coefficient (Wildman–Crippen LogP) is 6.80. The average Bonchev–Trinajstić information content (AvgIpc) is 0.769. The van der Waals surface area contributed by atoms with E-state index < -0.39 is 281 Å². The third-order valence-electron chi connectivity index (χ3n) is 17.8. The zero-order valence-corrected chi connectivity index (χ0v) is 74.5. The maximum Gasteiger partial charge on any atom is 0.401 e. The molecule has 5 amide bonds. The van der Waals surface area contributed by atoms with Crippen molar-refractivity contribution in [1.82, 2.24) is 26.6 Å². The number of halogens is 8. The molecule has 5 aliphatic rings. The van der Waals surface area contributed by atoms with Gasteiger partial charge in [-0.25, -0.2) is 26.3 Å². The van der Waals surface area contributed by atoms with Crippen molar-refractivity contribution >= 4 is 40.9 Å². The van der Waals surface area contributed by atoms with E-state index in [1.165, 1.54) is 6.92 Å². The van der Waals surface area contributed by atoms with Gasteiger partial charge in [-0.1, -0.05) is 40.9 Å². The summed E-state index contributed by atoms with van der Waals surface area (Å²) >= 11 is 0. The van der Waals surface area contributed by atoms with E-state index in [0.717, 1.165) is 0 Å². The van der Waals surface area contributed by atoms with Gasteiger partial charge in [0.1, 0.15) is 126 Å². The van der Waals surface area contributed by atoms with Crippen LogP contribution in [0.1, 0.15) is 131 Å². The summed E-state index contributed by atoms with van der Waals surface area (Å²) in [6.07, 6.45) is -27.6. The first-order valence-electron chi connectivity index (χ1n) is 39.5. The maximum absolute atomic E-state index is 14.3. The van der Waals surface area contributed by atoms with Crippen LogP contribution in [0.3, 0.4) is 0 Å². The summed E-state index contributed by atoms with van der Waals surface area (Å²) in [5.41, 5.74) is 66.4. The van der Waals surface area contributed by atoms with Gasteiger partial charge in [-0.2, -0.15) is 8.78 Å². The fourth-order valence-electron chi connectivity index (χ4n) is 12.2. The van der Waals surface area contributed by atoms with E-state index in [4.69, 9.17) is 97.1 Å². The molecular weight excluding hydrogens is 1840 g/mol. The zero-order chi connectivity index (χ0) is 103. The summed E-state index contributed by atoms with van der Waals surface area (Å²) < 4.78 is 167. The number of nitrogens with one attached hydrogen (secondary N) is 5. The minimum absolute atomic E-state index is 0.147. The van der Waals surface area contributed by atoms with E-state index >= 15 is 0 Å². The van der Waals surface area contributed by atoms with Gasteiger partial charge in [-0.05, 0) is 171 Å². The molecule has 0 aromatic heterocycles. The van der Waals surface area contributed by atoms with E-state index in [2.05, 4.69) is 101 Å². The lowest BCUT2D eigenvalue weighted by molar-refractivity contribution is -0.287. The molecule has 5 fully saturated rings.